The molecule has 0 radical (unpaired) electrons. The first-order valence-corrected chi connectivity index (χ1v) is 5.58. The monoisotopic (exact) mass is 274 g/mol. The van der Waals surface area contributed by atoms with E-state index in [9.17, 15) is 28.5 Å². The van der Waals surface area contributed by atoms with Crippen LogP contribution in [0.3, 0.4) is 0 Å². The predicted molar refractivity (Wildman–Crippen MR) is 47.0 cm³/mol. The Labute approximate surface area is 95.0 Å². The summed E-state index contributed by atoms with van der Waals surface area (Å²) in [6, 6.07) is 0. The molecule has 1 heterocycles. The van der Waals surface area contributed by atoms with Crippen LogP contribution in [0.5, 0.6) is 0 Å². The molecule has 0 aromatic heterocycles. The Morgan fingerprint density at radius 3 is 2.12 bits per heavy atom. The van der Waals surface area contributed by atoms with Gasteiger partial charge in [0, 0.05) is 0 Å². The van der Waals surface area contributed by atoms with E-state index in [1.807, 2.05) is 0 Å². The van der Waals surface area contributed by atoms with Crippen molar-refractivity contribution in [2.24, 2.45) is 0 Å². The summed E-state index contributed by atoms with van der Waals surface area (Å²) in [5.74, 6) is -1.67. The second-order valence-corrected chi connectivity index (χ2v) is 4.30. The molecule has 11 heteroatoms. The zero-order valence-corrected chi connectivity index (χ0v) is 8.89. The molecule has 10 nitrogen and oxygen atoms in total. The van der Waals surface area contributed by atoms with E-state index in [0.29, 0.717) is 0 Å². The maximum atomic E-state index is 10.5. The fourth-order valence-corrected chi connectivity index (χ4v) is 1.79. The SMILES string of the molecule is O=C(O)[C@@H]1O[C@H](O)[C@@H](OS(=O)(=O)O)[C@H](O)[C@@H]1O. The van der Waals surface area contributed by atoms with Gasteiger partial charge in [0.1, 0.15) is 12.2 Å². The molecule has 1 rings (SSSR count). The summed E-state index contributed by atoms with van der Waals surface area (Å²) in [6.07, 6.45) is -10.2. The Hall–Kier alpha value is -0.820. The van der Waals surface area contributed by atoms with Gasteiger partial charge in [0.25, 0.3) is 0 Å². The molecule has 1 aliphatic rings. The van der Waals surface area contributed by atoms with Crippen LogP contribution >= 0.6 is 0 Å². The molecule has 0 aromatic rings. The van der Waals surface area contributed by atoms with Crippen molar-refractivity contribution in [1.29, 1.82) is 0 Å². The fourth-order valence-electron chi connectivity index (χ4n) is 1.30. The Bertz CT molecular complexity index is 390. The second-order valence-electron chi connectivity index (χ2n) is 3.26. The van der Waals surface area contributed by atoms with Crippen molar-refractivity contribution in [3.05, 3.63) is 0 Å². The zero-order chi connectivity index (χ0) is 13.4. The minimum Gasteiger partial charge on any atom is -0.479 e. The van der Waals surface area contributed by atoms with Gasteiger partial charge in [-0.3, -0.25) is 4.55 Å². The van der Waals surface area contributed by atoms with E-state index in [4.69, 9.17) is 9.66 Å². The maximum Gasteiger partial charge on any atom is 0.397 e. The molecule has 5 N–H and O–H groups in total. The van der Waals surface area contributed by atoms with Crippen LogP contribution in [0.25, 0.3) is 0 Å². The highest BCUT2D eigenvalue weighted by Gasteiger charge is 2.49. The van der Waals surface area contributed by atoms with Crippen LogP contribution in [0.4, 0.5) is 0 Å². The van der Waals surface area contributed by atoms with Crippen molar-refractivity contribution in [1.82, 2.24) is 0 Å². The Morgan fingerprint density at radius 1 is 1.18 bits per heavy atom. The van der Waals surface area contributed by atoms with E-state index in [0.717, 1.165) is 0 Å². The molecule has 1 saturated heterocycles. The van der Waals surface area contributed by atoms with Gasteiger partial charge in [-0.05, 0) is 0 Å². The van der Waals surface area contributed by atoms with Crippen molar-refractivity contribution >= 4 is 16.4 Å². The highest BCUT2D eigenvalue weighted by molar-refractivity contribution is 7.80. The third-order valence-corrected chi connectivity index (χ3v) is 2.51. The molecule has 0 aliphatic carbocycles. The molecule has 0 amide bonds. The third kappa shape index (κ3) is 3.32. The molecule has 17 heavy (non-hydrogen) atoms. The van der Waals surface area contributed by atoms with Gasteiger partial charge in [-0.1, -0.05) is 0 Å². The van der Waals surface area contributed by atoms with Crippen LogP contribution in [-0.4, -0.2) is 70.1 Å². The van der Waals surface area contributed by atoms with Crippen molar-refractivity contribution < 1.29 is 47.1 Å². The molecule has 0 saturated carbocycles. The van der Waals surface area contributed by atoms with Crippen molar-refractivity contribution in [2.45, 2.75) is 30.7 Å². The van der Waals surface area contributed by atoms with Crippen LogP contribution in [-0.2, 0) is 24.1 Å². The third-order valence-electron chi connectivity index (χ3n) is 2.04. The van der Waals surface area contributed by atoms with Crippen molar-refractivity contribution in [3.63, 3.8) is 0 Å². The topological polar surface area (TPSA) is 171 Å². The van der Waals surface area contributed by atoms with E-state index in [1.54, 1.807) is 0 Å². The highest BCUT2D eigenvalue weighted by atomic mass is 32.3. The number of rotatable bonds is 3. The van der Waals surface area contributed by atoms with E-state index < -0.39 is 47.1 Å². The lowest BCUT2D eigenvalue weighted by molar-refractivity contribution is -0.274. The fraction of sp³-hybridized carbons (Fsp3) is 0.833. The number of aliphatic hydroxyl groups excluding tert-OH is 3. The number of carboxylic acids is 1. The average molecular weight is 274 g/mol. The summed E-state index contributed by atoms with van der Waals surface area (Å²) in [5.41, 5.74) is 0. The lowest BCUT2D eigenvalue weighted by Gasteiger charge is -2.37. The summed E-state index contributed by atoms with van der Waals surface area (Å²) in [5, 5.41) is 36.3. The summed E-state index contributed by atoms with van der Waals surface area (Å²) in [6.45, 7) is 0. The van der Waals surface area contributed by atoms with Gasteiger partial charge < -0.3 is 25.2 Å². The molecule has 5 atom stereocenters. The van der Waals surface area contributed by atoms with Crippen LogP contribution in [0.1, 0.15) is 0 Å². The largest absolute Gasteiger partial charge is 0.479 e. The minimum atomic E-state index is -5.01. The highest BCUT2D eigenvalue weighted by Crippen LogP contribution is 2.23. The molecule has 0 spiro atoms. The Balaban J connectivity index is 2.87. The first-order valence-electron chi connectivity index (χ1n) is 4.21. The Morgan fingerprint density at radius 2 is 1.71 bits per heavy atom. The second kappa shape index (κ2) is 4.81. The lowest BCUT2D eigenvalue weighted by atomic mass is 9.99. The van der Waals surface area contributed by atoms with Crippen molar-refractivity contribution in [2.75, 3.05) is 0 Å². The number of aliphatic hydroxyl groups is 3. The lowest BCUT2D eigenvalue weighted by Crippen LogP contribution is -2.60. The van der Waals surface area contributed by atoms with Gasteiger partial charge in [0.15, 0.2) is 18.5 Å². The average Bonchev–Trinajstić information content (AvgIpc) is 2.16. The van der Waals surface area contributed by atoms with Gasteiger partial charge in [-0.2, -0.15) is 8.42 Å². The van der Waals surface area contributed by atoms with Gasteiger partial charge in [-0.25, -0.2) is 8.98 Å². The molecule has 1 aliphatic heterocycles. The first-order chi connectivity index (χ1) is 7.63. The zero-order valence-electron chi connectivity index (χ0n) is 8.07. The minimum absolute atomic E-state index is 1.67. The van der Waals surface area contributed by atoms with E-state index in [1.165, 1.54) is 0 Å². The van der Waals surface area contributed by atoms with E-state index >= 15 is 0 Å². The quantitative estimate of drug-likeness (QED) is 0.328. The van der Waals surface area contributed by atoms with Crippen LogP contribution in [0.15, 0.2) is 0 Å². The van der Waals surface area contributed by atoms with Gasteiger partial charge in [0.05, 0.1) is 0 Å². The maximum absolute atomic E-state index is 10.5. The van der Waals surface area contributed by atoms with Crippen molar-refractivity contribution in [3.8, 4) is 0 Å². The van der Waals surface area contributed by atoms with Crippen LogP contribution in [0, 0.1) is 0 Å². The molecule has 0 unspecified atom stereocenters. The number of carbonyl (C=O) groups is 1. The Kier molecular flexibility index (Phi) is 4.03. The van der Waals surface area contributed by atoms with Gasteiger partial charge >= 0.3 is 16.4 Å². The number of hydrogen-bond donors (Lipinski definition) is 5. The number of hydrogen-bond acceptors (Lipinski definition) is 8. The molecule has 1 fully saturated rings. The summed E-state index contributed by atoms with van der Waals surface area (Å²) in [4.78, 5) is 10.5. The molecule has 100 valence electrons. The number of aliphatic carboxylic acids is 1. The van der Waals surface area contributed by atoms with Gasteiger partial charge in [-0.15, -0.1) is 0 Å². The smallest absolute Gasteiger partial charge is 0.397 e. The van der Waals surface area contributed by atoms with Crippen LogP contribution < -0.4 is 0 Å². The summed E-state index contributed by atoms with van der Waals surface area (Å²) in [7, 11) is -5.01. The first kappa shape index (κ1) is 14.2. The number of ether oxygens (including phenoxy) is 1. The van der Waals surface area contributed by atoms with Gasteiger partial charge in [0.2, 0.25) is 0 Å². The molecule has 0 aromatic carbocycles. The normalized spacial score (nSPS) is 38.9. The molecular formula is C6H10O10S. The predicted octanol–water partition coefficient (Wildman–Crippen LogP) is -3.30. The number of carboxylic acid groups (broad SMARTS) is 1. The van der Waals surface area contributed by atoms with E-state index in [2.05, 4.69) is 8.92 Å². The summed E-state index contributed by atoms with van der Waals surface area (Å²) < 4.78 is 37.3. The summed E-state index contributed by atoms with van der Waals surface area (Å²) >= 11 is 0. The molecule has 0 bridgehead atoms. The van der Waals surface area contributed by atoms with Crippen LogP contribution in [0.2, 0.25) is 0 Å². The van der Waals surface area contributed by atoms with E-state index in [-0.39, 0.29) is 0 Å². The standard InChI is InChI=1S/C6H10O10S/c7-1-2(8)4(16-17(12,13)14)6(11)15-3(1)5(9)10/h1-4,6-8,11H,(H,9,10)(H,12,13,14)/t1-,2+,3+,4-,6-/m0/s1. The molecular weight excluding hydrogens is 264 g/mol.